The molecule has 0 amide bonds. The minimum absolute atomic E-state index is 0.370. The maximum Gasteiger partial charge on any atom is 0.147 e. The van der Waals surface area contributed by atoms with E-state index in [1.165, 1.54) is 6.07 Å². The number of halogens is 1. The second-order valence-electron chi connectivity index (χ2n) is 4.57. The number of hydrogen-bond donors (Lipinski definition) is 1. The van der Waals surface area contributed by atoms with E-state index in [9.17, 15) is 9.50 Å². The van der Waals surface area contributed by atoms with Gasteiger partial charge >= 0.3 is 0 Å². The Bertz CT molecular complexity index is 541. The Morgan fingerprint density at radius 3 is 2.53 bits per heavy atom. The predicted molar refractivity (Wildman–Crippen MR) is 63.5 cm³/mol. The van der Waals surface area contributed by atoms with E-state index in [1.807, 2.05) is 6.92 Å². The molecule has 2 aromatic rings. The summed E-state index contributed by atoms with van der Waals surface area (Å²) in [6.45, 7) is 5.07. The average molecular weight is 234 g/mol. The average Bonchev–Trinajstić information content (AvgIpc) is 2.63. The van der Waals surface area contributed by atoms with Crippen LogP contribution in [0, 0.1) is 12.7 Å². The smallest absolute Gasteiger partial charge is 0.147 e. The van der Waals surface area contributed by atoms with Gasteiger partial charge in [-0.15, -0.1) is 0 Å². The van der Waals surface area contributed by atoms with Gasteiger partial charge in [-0.1, -0.05) is 6.07 Å². The zero-order chi connectivity index (χ0) is 12.6. The van der Waals surface area contributed by atoms with Crippen LogP contribution in [0.1, 0.15) is 25.2 Å². The highest BCUT2D eigenvalue weighted by atomic mass is 19.1. The van der Waals surface area contributed by atoms with Crippen molar-refractivity contribution in [2.45, 2.75) is 26.4 Å². The second kappa shape index (κ2) is 3.96. The highest BCUT2D eigenvalue weighted by molar-refractivity contribution is 5.39. The first-order valence-electron chi connectivity index (χ1n) is 5.42. The van der Waals surface area contributed by atoms with Gasteiger partial charge in [-0.05, 0) is 38.5 Å². The van der Waals surface area contributed by atoms with Crippen molar-refractivity contribution in [3.05, 3.63) is 47.8 Å². The van der Waals surface area contributed by atoms with Crippen LogP contribution in [0.2, 0.25) is 0 Å². The number of imidazole rings is 1. The van der Waals surface area contributed by atoms with E-state index in [1.54, 1.807) is 42.9 Å². The lowest BCUT2D eigenvalue weighted by atomic mass is 9.98. The minimum atomic E-state index is -1.04. The minimum Gasteiger partial charge on any atom is -0.386 e. The summed E-state index contributed by atoms with van der Waals surface area (Å²) in [6.07, 6.45) is 3.33. The summed E-state index contributed by atoms with van der Waals surface area (Å²) >= 11 is 0. The molecule has 0 spiro atoms. The van der Waals surface area contributed by atoms with Crippen molar-refractivity contribution in [3.63, 3.8) is 0 Å². The van der Waals surface area contributed by atoms with E-state index in [0.29, 0.717) is 11.3 Å². The number of benzene rings is 1. The third kappa shape index (κ3) is 2.22. The van der Waals surface area contributed by atoms with Gasteiger partial charge in [-0.2, -0.15) is 0 Å². The van der Waals surface area contributed by atoms with Crippen LogP contribution in [0.4, 0.5) is 4.39 Å². The van der Waals surface area contributed by atoms with Crippen molar-refractivity contribution in [2.75, 3.05) is 0 Å². The van der Waals surface area contributed by atoms with Gasteiger partial charge in [0.1, 0.15) is 11.6 Å². The standard InChI is InChI=1S/C13H15FN2O/c1-9-15-6-7-16(9)12-5-4-10(8-11(12)14)13(2,3)17/h4-8,17H,1-3H3. The molecule has 0 bridgehead atoms. The van der Waals surface area contributed by atoms with Crippen LogP contribution in [0.5, 0.6) is 0 Å². The lowest BCUT2D eigenvalue weighted by Crippen LogP contribution is -2.16. The molecular weight excluding hydrogens is 219 g/mol. The van der Waals surface area contributed by atoms with Crippen LogP contribution in [0.15, 0.2) is 30.6 Å². The Morgan fingerprint density at radius 1 is 1.35 bits per heavy atom. The Morgan fingerprint density at radius 2 is 2.06 bits per heavy atom. The van der Waals surface area contributed by atoms with E-state index >= 15 is 0 Å². The first kappa shape index (κ1) is 11.8. The van der Waals surface area contributed by atoms with Crippen LogP contribution in [0.25, 0.3) is 5.69 Å². The fourth-order valence-electron chi connectivity index (χ4n) is 1.72. The van der Waals surface area contributed by atoms with Crippen LogP contribution in [0.3, 0.4) is 0 Å². The van der Waals surface area contributed by atoms with E-state index in [2.05, 4.69) is 4.98 Å². The van der Waals surface area contributed by atoms with E-state index < -0.39 is 5.60 Å². The second-order valence-corrected chi connectivity index (χ2v) is 4.57. The summed E-state index contributed by atoms with van der Waals surface area (Å²) in [5.41, 5.74) is -0.0480. The van der Waals surface area contributed by atoms with Crippen molar-refractivity contribution < 1.29 is 9.50 Å². The molecule has 0 aliphatic carbocycles. The van der Waals surface area contributed by atoms with Crippen molar-refractivity contribution in [3.8, 4) is 5.69 Å². The van der Waals surface area contributed by atoms with E-state index in [-0.39, 0.29) is 5.82 Å². The van der Waals surface area contributed by atoms with Crippen LogP contribution in [-0.2, 0) is 5.60 Å². The lowest BCUT2D eigenvalue weighted by Gasteiger charge is -2.18. The van der Waals surface area contributed by atoms with Gasteiger partial charge in [0.15, 0.2) is 0 Å². The summed E-state index contributed by atoms with van der Waals surface area (Å²) < 4.78 is 15.6. The molecule has 0 saturated carbocycles. The molecule has 0 unspecified atom stereocenters. The monoisotopic (exact) mass is 234 g/mol. The van der Waals surface area contributed by atoms with Crippen LogP contribution >= 0.6 is 0 Å². The zero-order valence-electron chi connectivity index (χ0n) is 10.1. The van der Waals surface area contributed by atoms with Crippen LogP contribution in [-0.4, -0.2) is 14.7 Å². The first-order chi connectivity index (χ1) is 7.89. The molecule has 1 N–H and O–H groups in total. The number of aromatic nitrogens is 2. The molecule has 90 valence electrons. The first-order valence-corrected chi connectivity index (χ1v) is 5.42. The Hall–Kier alpha value is -1.68. The number of rotatable bonds is 2. The summed E-state index contributed by atoms with van der Waals surface area (Å²) in [5.74, 6) is 0.352. The molecule has 2 rings (SSSR count). The van der Waals surface area contributed by atoms with Crippen molar-refractivity contribution in [2.24, 2.45) is 0 Å². The predicted octanol–water partition coefficient (Wildman–Crippen LogP) is 2.55. The van der Waals surface area contributed by atoms with Gasteiger partial charge in [-0.3, -0.25) is 0 Å². The summed E-state index contributed by atoms with van der Waals surface area (Å²) in [4.78, 5) is 4.05. The zero-order valence-corrected chi connectivity index (χ0v) is 10.1. The fraction of sp³-hybridized carbons (Fsp3) is 0.308. The largest absolute Gasteiger partial charge is 0.386 e. The molecular formula is C13H15FN2O. The van der Waals surface area contributed by atoms with Crippen LogP contribution < -0.4 is 0 Å². The molecule has 0 atom stereocenters. The third-order valence-corrected chi connectivity index (χ3v) is 2.74. The van der Waals surface area contributed by atoms with Crippen molar-refractivity contribution in [1.82, 2.24) is 9.55 Å². The lowest BCUT2D eigenvalue weighted by molar-refractivity contribution is 0.0782. The number of hydrogen-bond acceptors (Lipinski definition) is 2. The fourth-order valence-corrected chi connectivity index (χ4v) is 1.72. The molecule has 0 aliphatic rings. The van der Waals surface area contributed by atoms with E-state index in [0.717, 1.165) is 5.82 Å². The number of aliphatic hydroxyl groups is 1. The summed E-state index contributed by atoms with van der Waals surface area (Å²) in [7, 11) is 0. The van der Waals surface area contributed by atoms with Gasteiger partial charge in [0.2, 0.25) is 0 Å². The quantitative estimate of drug-likeness (QED) is 0.867. The Kier molecular flexibility index (Phi) is 2.75. The molecule has 4 heteroatoms. The molecule has 1 aromatic carbocycles. The Balaban J connectivity index is 2.50. The molecule has 0 aliphatic heterocycles. The number of aryl methyl sites for hydroxylation is 1. The summed E-state index contributed by atoms with van der Waals surface area (Å²) in [6, 6.07) is 4.73. The molecule has 0 radical (unpaired) electrons. The normalized spacial score (nSPS) is 11.8. The van der Waals surface area contributed by atoms with E-state index in [4.69, 9.17) is 0 Å². The van der Waals surface area contributed by atoms with Crippen molar-refractivity contribution in [1.29, 1.82) is 0 Å². The molecule has 0 saturated heterocycles. The maximum absolute atomic E-state index is 14.0. The maximum atomic E-state index is 14.0. The van der Waals surface area contributed by atoms with Gasteiger partial charge in [-0.25, -0.2) is 9.37 Å². The number of nitrogens with zero attached hydrogens (tertiary/aromatic N) is 2. The van der Waals surface area contributed by atoms with Gasteiger partial charge < -0.3 is 9.67 Å². The molecule has 3 nitrogen and oxygen atoms in total. The third-order valence-electron chi connectivity index (χ3n) is 2.74. The SMILES string of the molecule is Cc1nccn1-c1ccc(C(C)(C)O)cc1F. The molecule has 0 fully saturated rings. The molecule has 1 aromatic heterocycles. The summed E-state index contributed by atoms with van der Waals surface area (Å²) in [5, 5.41) is 9.80. The molecule has 17 heavy (non-hydrogen) atoms. The van der Waals surface area contributed by atoms with Gasteiger partial charge in [0.05, 0.1) is 11.3 Å². The molecule has 1 heterocycles. The highest BCUT2D eigenvalue weighted by Gasteiger charge is 2.18. The van der Waals surface area contributed by atoms with Crippen molar-refractivity contribution >= 4 is 0 Å². The Labute approximate surface area is 99.5 Å². The highest BCUT2D eigenvalue weighted by Crippen LogP contribution is 2.24. The van der Waals surface area contributed by atoms with Gasteiger partial charge in [0.25, 0.3) is 0 Å². The van der Waals surface area contributed by atoms with Gasteiger partial charge in [0, 0.05) is 12.4 Å². The topological polar surface area (TPSA) is 38.0 Å².